The van der Waals surface area contributed by atoms with E-state index in [-0.39, 0.29) is 43.4 Å². The van der Waals surface area contributed by atoms with Crippen LogP contribution in [-0.2, 0) is 14.3 Å². The minimum absolute atomic E-state index is 0.0187. The van der Waals surface area contributed by atoms with Crippen LogP contribution in [0.15, 0.2) is 48.5 Å². The van der Waals surface area contributed by atoms with Crippen LogP contribution in [0.3, 0.4) is 0 Å². The summed E-state index contributed by atoms with van der Waals surface area (Å²) in [6.07, 6.45) is 3.14. The fourth-order valence-electron chi connectivity index (χ4n) is 6.02. The zero-order valence-electron chi connectivity index (χ0n) is 19.4. The summed E-state index contributed by atoms with van der Waals surface area (Å²) in [4.78, 5) is 38.4. The number of benzene rings is 2. The Kier molecular flexibility index (Phi) is 5.58. The largest absolute Gasteiger partial charge is 0.481 e. The lowest BCUT2D eigenvalue weighted by Gasteiger charge is -2.34. The van der Waals surface area contributed by atoms with Crippen LogP contribution in [0.4, 0.5) is 4.79 Å². The Hall–Kier alpha value is -3.35. The number of ether oxygens (including phenoxy) is 1. The number of carbonyl (C=O) groups is 3. The minimum Gasteiger partial charge on any atom is -0.481 e. The van der Waals surface area contributed by atoms with Gasteiger partial charge in [-0.15, -0.1) is 0 Å². The van der Waals surface area contributed by atoms with Crippen LogP contribution in [0.5, 0.6) is 0 Å². The Morgan fingerprint density at radius 2 is 1.68 bits per heavy atom. The molecular weight excluding hydrogens is 432 g/mol. The first-order chi connectivity index (χ1) is 16.4. The molecule has 7 heteroatoms. The number of amides is 2. The summed E-state index contributed by atoms with van der Waals surface area (Å²) in [7, 11) is 1.64. The van der Waals surface area contributed by atoms with Crippen LogP contribution in [0, 0.1) is 10.8 Å². The van der Waals surface area contributed by atoms with Crippen molar-refractivity contribution in [1.82, 2.24) is 10.2 Å². The van der Waals surface area contributed by atoms with Crippen molar-refractivity contribution in [3.63, 3.8) is 0 Å². The van der Waals surface area contributed by atoms with E-state index < -0.39 is 17.5 Å². The molecule has 178 valence electrons. The Morgan fingerprint density at radius 3 is 2.21 bits per heavy atom. The molecule has 7 nitrogen and oxygen atoms in total. The van der Waals surface area contributed by atoms with E-state index in [0.717, 1.165) is 36.8 Å². The Balaban J connectivity index is 1.22. The van der Waals surface area contributed by atoms with Gasteiger partial charge in [0.15, 0.2) is 0 Å². The van der Waals surface area contributed by atoms with Gasteiger partial charge in [0.05, 0.1) is 11.8 Å². The van der Waals surface area contributed by atoms with Crippen molar-refractivity contribution in [2.24, 2.45) is 10.8 Å². The summed E-state index contributed by atoms with van der Waals surface area (Å²) in [6.45, 7) is 0.612. The fourth-order valence-corrected chi connectivity index (χ4v) is 6.02. The van der Waals surface area contributed by atoms with E-state index in [0.29, 0.717) is 0 Å². The van der Waals surface area contributed by atoms with Crippen molar-refractivity contribution >= 4 is 18.0 Å². The molecule has 2 N–H and O–H groups in total. The number of nitrogens with zero attached hydrogens (tertiary/aromatic N) is 1. The van der Waals surface area contributed by atoms with E-state index in [1.54, 1.807) is 7.05 Å². The smallest absolute Gasteiger partial charge is 0.407 e. The SMILES string of the molecule is CN(CCC(=O)O)C(=O)C1(CNC(=O)OCC2c3ccccc3-c3ccccc32)CC12CCC2. The zero-order chi connectivity index (χ0) is 23.9. The summed E-state index contributed by atoms with van der Waals surface area (Å²) in [6, 6.07) is 16.4. The molecule has 3 aliphatic rings. The van der Waals surface area contributed by atoms with Gasteiger partial charge in [0, 0.05) is 26.1 Å². The Bertz CT molecular complexity index is 1100. The molecule has 0 bridgehead atoms. The summed E-state index contributed by atoms with van der Waals surface area (Å²) in [5, 5.41) is 11.8. The first-order valence-electron chi connectivity index (χ1n) is 11.9. The molecule has 1 atom stereocenters. The van der Waals surface area contributed by atoms with Crippen molar-refractivity contribution in [3.8, 4) is 11.1 Å². The third-order valence-electron chi connectivity index (χ3n) is 8.14. The molecule has 3 aliphatic carbocycles. The summed E-state index contributed by atoms with van der Waals surface area (Å²) in [5.74, 6) is -1.03. The average Bonchev–Trinajstić information content (AvgIpc) is 3.43. The van der Waals surface area contributed by atoms with E-state index in [9.17, 15) is 14.4 Å². The van der Waals surface area contributed by atoms with Crippen molar-refractivity contribution in [2.45, 2.75) is 38.0 Å². The number of carbonyl (C=O) groups excluding carboxylic acids is 2. The van der Waals surface area contributed by atoms with E-state index in [4.69, 9.17) is 9.84 Å². The number of hydrogen-bond donors (Lipinski definition) is 2. The number of nitrogens with one attached hydrogen (secondary N) is 1. The second kappa shape index (κ2) is 8.46. The summed E-state index contributed by atoms with van der Waals surface area (Å²) < 4.78 is 5.65. The molecule has 2 fully saturated rings. The van der Waals surface area contributed by atoms with Gasteiger partial charge in [-0.3, -0.25) is 9.59 Å². The monoisotopic (exact) mass is 462 g/mol. The quantitative estimate of drug-likeness (QED) is 0.618. The zero-order valence-corrected chi connectivity index (χ0v) is 19.4. The number of fused-ring (bicyclic) bond motifs is 3. The predicted molar refractivity (Wildman–Crippen MR) is 126 cm³/mol. The number of aliphatic carboxylic acids is 1. The van der Waals surface area contributed by atoms with Crippen molar-refractivity contribution < 1.29 is 24.2 Å². The van der Waals surface area contributed by atoms with E-state index in [1.807, 2.05) is 24.3 Å². The molecule has 0 saturated heterocycles. The van der Waals surface area contributed by atoms with E-state index in [2.05, 4.69) is 29.6 Å². The highest BCUT2D eigenvalue weighted by Crippen LogP contribution is 2.74. The molecule has 1 unspecified atom stereocenters. The maximum Gasteiger partial charge on any atom is 0.407 e. The molecule has 34 heavy (non-hydrogen) atoms. The average molecular weight is 463 g/mol. The van der Waals surface area contributed by atoms with Gasteiger partial charge in [0.25, 0.3) is 0 Å². The van der Waals surface area contributed by atoms with E-state index in [1.165, 1.54) is 16.0 Å². The van der Waals surface area contributed by atoms with Crippen LogP contribution >= 0.6 is 0 Å². The third kappa shape index (κ3) is 3.63. The van der Waals surface area contributed by atoms with Gasteiger partial charge in [-0.1, -0.05) is 55.0 Å². The molecule has 2 amide bonds. The number of alkyl carbamates (subject to hydrolysis) is 1. The highest BCUT2D eigenvalue weighted by atomic mass is 16.5. The van der Waals surface area contributed by atoms with Gasteiger partial charge in [0.2, 0.25) is 5.91 Å². The lowest BCUT2D eigenvalue weighted by atomic mass is 9.74. The molecule has 0 radical (unpaired) electrons. The number of rotatable bonds is 8. The second-order valence-corrected chi connectivity index (χ2v) is 9.94. The molecule has 2 saturated carbocycles. The van der Waals surface area contributed by atoms with Gasteiger partial charge < -0.3 is 20.1 Å². The number of carboxylic acids is 1. The fraction of sp³-hybridized carbons (Fsp3) is 0.444. The van der Waals surface area contributed by atoms with Gasteiger partial charge in [-0.2, -0.15) is 0 Å². The standard InChI is InChI=1S/C27H30N2O5/c1-29(14-11-23(30)31)24(32)27(16-26(27)12-6-13-26)17-28-25(33)34-15-22-20-9-4-2-7-18(20)19-8-3-5-10-21(19)22/h2-5,7-10,22H,6,11-17H2,1H3,(H,28,33)(H,30,31). The molecule has 2 aromatic rings. The van der Waals surface area contributed by atoms with Crippen LogP contribution in [0.2, 0.25) is 0 Å². The van der Waals surface area contributed by atoms with Crippen LogP contribution < -0.4 is 5.32 Å². The lowest BCUT2D eigenvalue weighted by molar-refractivity contribution is -0.140. The summed E-state index contributed by atoms with van der Waals surface area (Å²) >= 11 is 0. The Morgan fingerprint density at radius 1 is 1.06 bits per heavy atom. The molecule has 2 aromatic carbocycles. The molecule has 0 aliphatic heterocycles. The predicted octanol–water partition coefficient (Wildman–Crippen LogP) is 4.02. The molecule has 0 aromatic heterocycles. The maximum atomic E-state index is 13.2. The molecule has 1 spiro atoms. The van der Waals surface area contributed by atoms with Gasteiger partial charge in [-0.05, 0) is 46.9 Å². The summed E-state index contributed by atoms with van der Waals surface area (Å²) in [5.41, 5.74) is 3.94. The Labute approximate surface area is 199 Å². The highest BCUT2D eigenvalue weighted by Gasteiger charge is 2.73. The normalized spacial score (nSPS) is 21.2. The highest BCUT2D eigenvalue weighted by molar-refractivity contribution is 5.88. The van der Waals surface area contributed by atoms with Gasteiger partial charge in [0.1, 0.15) is 6.61 Å². The number of hydrogen-bond acceptors (Lipinski definition) is 4. The first-order valence-corrected chi connectivity index (χ1v) is 11.9. The first kappa shape index (κ1) is 22.4. The molecular formula is C27H30N2O5. The van der Waals surface area contributed by atoms with Crippen molar-refractivity contribution in [1.29, 1.82) is 0 Å². The van der Waals surface area contributed by atoms with E-state index >= 15 is 0 Å². The topological polar surface area (TPSA) is 95.9 Å². The van der Waals surface area contributed by atoms with Crippen molar-refractivity contribution in [3.05, 3.63) is 59.7 Å². The van der Waals surface area contributed by atoms with Crippen LogP contribution in [0.1, 0.15) is 49.1 Å². The third-order valence-corrected chi connectivity index (χ3v) is 8.14. The molecule has 0 heterocycles. The second-order valence-electron chi connectivity index (χ2n) is 9.94. The maximum absolute atomic E-state index is 13.2. The minimum atomic E-state index is -0.931. The molecule has 5 rings (SSSR count). The number of carboxylic acid groups (broad SMARTS) is 1. The van der Waals surface area contributed by atoms with Crippen LogP contribution in [0.25, 0.3) is 11.1 Å². The van der Waals surface area contributed by atoms with Gasteiger partial charge >= 0.3 is 12.1 Å². The van der Waals surface area contributed by atoms with Crippen molar-refractivity contribution in [2.75, 3.05) is 26.7 Å². The lowest BCUT2D eigenvalue weighted by Crippen LogP contribution is -2.46. The van der Waals surface area contributed by atoms with Gasteiger partial charge in [-0.25, -0.2) is 4.79 Å². The van der Waals surface area contributed by atoms with Crippen LogP contribution in [-0.4, -0.2) is 54.7 Å².